The van der Waals surface area contributed by atoms with Gasteiger partial charge in [-0.25, -0.2) is 4.68 Å². The minimum atomic E-state index is -0.597. The average Bonchev–Trinajstić information content (AvgIpc) is 2.59. The Kier molecular flexibility index (Phi) is 4.52. The second-order valence-corrected chi connectivity index (χ2v) is 5.51. The van der Waals surface area contributed by atoms with E-state index in [4.69, 9.17) is 5.73 Å². The fraction of sp³-hybridized carbons (Fsp3) is 0.105. The molecule has 2 N–H and O–H groups in total. The van der Waals surface area contributed by atoms with Crippen LogP contribution in [0.5, 0.6) is 0 Å². The Morgan fingerprint density at radius 1 is 1.00 bits per heavy atom. The Labute approximate surface area is 139 Å². The molecule has 0 aliphatic heterocycles. The second kappa shape index (κ2) is 6.91. The summed E-state index contributed by atoms with van der Waals surface area (Å²) in [6, 6.07) is 21.0. The smallest absolute Gasteiger partial charge is 0.270 e. The molecule has 120 valence electrons. The molecule has 1 heterocycles. The fourth-order valence-corrected chi connectivity index (χ4v) is 2.54. The van der Waals surface area contributed by atoms with Crippen molar-refractivity contribution in [2.75, 3.05) is 0 Å². The summed E-state index contributed by atoms with van der Waals surface area (Å²) in [5, 5.41) is 4.29. The Morgan fingerprint density at radius 2 is 1.62 bits per heavy atom. The highest BCUT2D eigenvalue weighted by Gasteiger charge is 2.12. The van der Waals surface area contributed by atoms with Gasteiger partial charge in [0.15, 0.2) is 0 Å². The van der Waals surface area contributed by atoms with Gasteiger partial charge < -0.3 is 5.73 Å². The second-order valence-electron chi connectivity index (χ2n) is 5.51. The van der Waals surface area contributed by atoms with Gasteiger partial charge in [-0.1, -0.05) is 60.7 Å². The van der Waals surface area contributed by atoms with Crippen molar-refractivity contribution in [1.82, 2.24) is 9.78 Å². The molecule has 0 saturated carbocycles. The van der Waals surface area contributed by atoms with Crippen molar-refractivity contribution < 1.29 is 4.79 Å². The molecule has 2 aromatic carbocycles. The summed E-state index contributed by atoms with van der Waals surface area (Å²) in [6.45, 7) is -0.235. The predicted octanol–water partition coefficient (Wildman–Crippen LogP) is 1.99. The van der Waals surface area contributed by atoms with Gasteiger partial charge in [-0.3, -0.25) is 9.59 Å². The normalized spacial score (nSPS) is 10.5. The monoisotopic (exact) mass is 319 g/mol. The first-order chi connectivity index (χ1) is 11.6. The van der Waals surface area contributed by atoms with Gasteiger partial charge in [0.25, 0.3) is 5.56 Å². The molecular formula is C19H17N3O2. The van der Waals surface area contributed by atoms with Crippen molar-refractivity contribution in [3.05, 3.63) is 88.2 Å². The van der Waals surface area contributed by atoms with Crippen molar-refractivity contribution in [3.8, 4) is 11.3 Å². The van der Waals surface area contributed by atoms with E-state index in [1.807, 2.05) is 60.7 Å². The van der Waals surface area contributed by atoms with Gasteiger partial charge in [-0.05, 0) is 11.6 Å². The van der Waals surface area contributed by atoms with Crippen LogP contribution in [-0.4, -0.2) is 15.7 Å². The van der Waals surface area contributed by atoms with Crippen LogP contribution in [0.15, 0.2) is 71.5 Å². The molecule has 0 aliphatic rings. The lowest BCUT2D eigenvalue weighted by Gasteiger charge is -2.10. The third kappa shape index (κ3) is 3.57. The van der Waals surface area contributed by atoms with Gasteiger partial charge in [0.05, 0.1) is 5.69 Å². The molecule has 3 rings (SSSR count). The minimum Gasteiger partial charge on any atom is -0.368 e. The fourth-order valence-electron chi connectivity index (χ4n) is 2.54. The van der Waals surface area contributed by atoms with Gasteiger partial charge in [0, 0.05) is 17.5 Å². The topological polar surface area (TPSA) is 78.0 Å². The van der Waals surface area contributed by atoms with E-state index in [1.165, 1.54) is 0 Å². The largest absolute Gasteiger partial charge is 0.368 e. The lowest BCUT2D eigenvalue weighted by molar-refractivity contribution is -0.118. The zero-order valence-electron chi connectivity index (χ0n) is 13.1. The highest BCUT2D eigenvalue weighted by atomic mass is 16.2. The van der Waals surface area contributed by atoms with Crippen LogP contribution in [0.25, 0.3) is 11.3 Å². The Balaban J connectivity index is 2.09. The maximum Gasteiger partial charge on any atom is 0.270 e. The van der Waals surface area contributed by atoms with Gasteiger partial charge in [-0.15, -0.1) is 0 Å². The van der Waals surface area contributed by atoms with Gasteiger partial charge in [0.1, 0.15) is 6.54 Å². The number of carbonyl (C=O) groups is 1. The van der Waals surface area contributed by atoms with E-state index in [-0.39, 0.29) is 12.1 Å². The van der Waals surface area contributed by atoms with E-state index in [2.05, 4.69) is 5.10 Å². The SMILES string of the molecule is NC(=O)Cn1nc(-c2ccccc2)cc(Cc2ccccc2)c1=O. The van der Waals surface area contributed by atoms with Crippen molar-refractivity contribution >= 4 is 5.91 Å². The number of rotatable bonds is 5. The van der Waals surface area contributed by atoms with Crippen LogP contribution >= 0.6 is 0 Å². The summed E-state index contributed by atoms with van der Waals surface area (Å²) in [7, 11) is 0. The van der Waals surface area contributed by atoms with Gasteiger partial charge in [0.2, 0.25) is 5.91 Å². The summed E-state index contributed by atoms with van der Waals surface area (Å²) in [5.41, 5.74) is 8.07. The van der Waals surface area contributed by atoms with E-state index < -0.39 is 5.91 Å². The Bertz CT molecular complexity index is 903. The number of aromatic nitrogens is 2. The third-order valence-electron chi connectivity index (χ3n) is 3.66. The van der Waals surface area contributed by atoms with Crippen LogP contribution in [-0.2, 0) is 17.8 Å². The molecule has 0 spiro atoms. The number of benzene rings is 2. The van der Waals surface area contributed by atoms with Crippen LogP contribution in [0.4, 0.5) is 0 Å². The molecule has 1 aromatic heterocycles. The maximum atomic E-state index is 12.6. The molecule has 1 amide bonds. The summed E-state index contributed by atoms with van der Waals surface area (Å²) in [6.07, 6.45) is 0.473. The summed E-state index contributed by atoms with van der Waals surface area (Å²) in [4.78, 5) is 23.8. The molecule has 0 fully saturated rings. The van der Waals surface area contributed by atoms with Crippen LogP contribution in [0.2, 0.25) is 0 Å². The standard InChI is InChI=1S/C19H17N3O2/c20-18(23)13-22-19(24)16(11-14-7-3-1-4-8-14)12-17(21-22)15-9-5-2-6-10-15/h1-10,12H,11,13H2,(H2,20,23). The highest BCUT2D eigenvalue weighted by molar-refractivity contribution is 5.73. The van der Waals surface area contributed by atoms with Crippen LogP contribution in [0, 0.1) is 0 Å². The molecule has 0 bridgehead atoms. The summed E-state index contributed by atoms with van der Waals surface area (Å²) in [5.74, 6) is -0.597. The molecule has 5 nitrogen and oxygen atoms in total. The third-order valence-corrected chi connectivity index (χ3v) is 3.66. The van der Waals surface area contributed by atoms with Gasteiger partial charge in [-0.2, -0.15) is 5.10 Å². The van der Waals surface area contributed by atoms with Crippen molar-refractivity contribution in [2.45, 2.75) is 13.0 Å². The molecular weight excluding hydrogens is 302 g/mol. The van der Waals surface area contributed by atoms with Crippen molar-refractivity contribution in [2.24, 2.45) is 5.73 Å². The molecule has 0 saturated heterocycles. The first-order valence-electron chi connectivity index (χ1n) is 7.62. The zero-order valence-corrected chi connectivity index (χ0v) is 13.1. The van der Waals surface area contributed by atoms with Crippen LogP contribution in [0.1, 0.15) is 11.1 Å². The minimum absolute atomic E-state index is 0.235. The lowest BCUT2D eigenvalue weighted by Crippen LogP contribution is -2.32. The highest BCUT2D eigenvalue weighted by Crippen LogP contribution is 2.17. The molecule has 0 atom stereocenters. The molecule has 24 heavy (non-hydrogen) atoms. The molecule has 3 aromatic rings. The van der Waals surface area contributed by atoms with E-state index in [1.54, 1.807) is 6.07 Å². The average molecular weight is 319 g/mol. The number of carbonyl (C=O) groups excluding carboxylic acids is 1. The van der Waals surface area contributed by atoms with Gasteiger partial charge >= 0.3 is 0 Å². The van der Waals surface area contributed by atoms with Crippen LogP contribution in [0.3, 0.4) is 0 Å². The lowest BCUT2D eigenvalue weighted by atomic mass is 10.0. The first kappa shape index (κ1) is 15.7. The van der Waals surface area contributed by atoms with Crippen molar-refractivity contribution in [3.63, 3.8) is 0 Å². The number of hydrogen-bond donors (Lipinski definition) is 1. The number of amides is 1. The Hall–Kier alpha value is -3.21. The molecule has 5 heteroatoms. The van der Waals surface area contributed by atoms with E-state index in [9.17, 15) is 9.59 Å². The number of hydrogen-bond acceptors (Lipinski definition) is 3. The Morgan fingerprint density at radius 3 is 2.25 bits per heavy atom. The molecule has 0 radical (unpaired) electrons. The zero-order chi connectivity index (χ0) is 16.9. The molecule has 0 aliphatic carbocycles. The summed E-state index contributed by atoms with van der Waals surface area (Å²) < 4.78 is 1.14. The van der Waals surface area contributed by atoms with E-state index >= 15 is 0 Å². The quantitative estimate of drug-likeness (QED) is 0.781. The van der Waals surface area contributed by atoms with E-state index in [0.717, 1.165) is 15.8 Å². The number of primary amides is 1. The predicted molar refractivity (Wildman–Crippen MR) is 92.4 cm³/mol. The van der Waals surface area contributed by atoms with E-state index in [0.29, 0.717) is 17.7 Å². The van der Waals surface area contributed by atoms with Crippen molar-refractivity contribution in [1.29, 1.82) is 0 Å². The summed E-state index contributed by atoms with van der Waals surface area (Å²) >= 11 is 0. The maximum absolute atomic E-state index is 12.6. The number of nitrogens with zero attached hydrogens (tertiary/aromatic N) is 2. The van der Waals surface area contributed by atoms with Crippen LogP contribution < -0.4 is 11.3 Å². The number of nitrogens with two attached hydrogens (primary N) is 1. The molecule has 0 unspecified atom stereocenters. The first-order valence-corrected chi connectivity index (χ1v) is 7.62.